The van der Waals surface area contributed by atoms with Gasteiger partial charge in [-0.25, -0.2) is 0 Å². The Kier molecular flexibility index (Phi) is 4.29. The van der Waals surface area contributed by atoms with Gasteiger partial charge in [-0.1, -0.05) is 30.3 Å². The molecule has 0 amide bonds. The fraction of sp³-hybridized carbons (Fsp3) is 0.0435. The highest BCUT2D eigenvalue weighted by molar-refractivity contribution is 7.98. The molecule has 3 heteroatoms. The van der Waals surface area contributed by atoms with E-state index in [2.05, 4.69) is 90.3 Å². The Morgan fingerprint density at radius 2 is 1.35 bits per heavy atom. The van der Waals surface area contributed by atoms with Crippen molar-refractivity contribution in [2.75, 3.05) is 0 Å². The Morgan fingerprint density at radius 3 is 1.96 bits per heavy atom. The van der Waals surface area contributed by atoms with Gasteiger partial charge in [-0.05, 0) is 60.0 Å². The molecule has 5 aromatic rings. The molecule has 0 aliphatic rings. The molecule has 0 saturated carbocycles. The molecule has 0 aliphatic carbocycles. The normalized spacial score (nSPS) is 11.4. The summed E-state index contributed by atoms with van der Waals surface area (Å²) in [5.74, 6) is 1.05. The van der Waals surface area contributed by atoms with E-state index in [0.29, 0.717) is 0 Å². The van der Waals surface area contributed by atoms with Crippen LogP contribution >= 0.6 is 33.6 Å². The van der Waals surface area contributed by atoms with Crippen LogP contribution in [0.2, 0.25) is 0 Å². The zero-order chi connectivity index (χ0) is 17.3. The number of hydrogen-bond donors (Lipinski definition) is 0. The Morgan fingerprint density at radius 1 is 0.692 bits per heavy atom. The second-order valence-electron chi connectivity index (χ2n) is 6.14. The Balaban J connectivity index is 1.55. The Labute approximate surface area is 164 Å². The fourth-order valence-corrected chi connectivity index (χ4v) is 7.38. The summed E-state index contributed by atoms with van der Waals surface area (Å²) in [6.45, 7) is 0. The fourth-order valence-electron chi connectivity index (χ4n) is 3.33. The van der Waals surface area contributed by atoms with Gasteiger partial charge in [0.05, 0.1) is 0 Å². The van der Waals surface area contributed by atoms with Crippen LogP contribution in [-0.4, -0.2) is 0 Å². The van der Waals surface area contributed by atoms with E-state index < -0.39 is 0 Å². The van der Waals surface area contributed by atoms with Crippen LogP contribution in [0, 0.1) is 0 Å². The van der Waals surface area contributed by atoms with Gasteiger partial charge < -0.3 is 0 Å². The maximum absolute atomic E-state index is 2.32. The van der Waals surface area contributed by atoms with Gasteiger partial charge in [-0.2, -0.15) is 0 Å². The van der Waals surface area contributed by atoms with Crippen molar-refractivity contribution in [3.63, 3.8) is 0 Å². The van der Waals surface area contributed by atoms with Gasteiger partial charge in [0.1, 0.15) is 0 Å². The molecule has 0 spiro atoms. The zero-order valence-corrected chi connectivity index (χ0v) is 16.5. The summed E-state index contributed by atoms with van der Waals surface area (Å²) in [6, 6.07) is 31.2. The average Bonchev–Trinajstić information content (AvgIpc) is 3.33. The molecule has 26 heavy (non-hydrogen) atoms. The Bertz CT molecular complexity index is 1110. The van der Waals surface area contributed by atoms with E-state index >= 15 is 0 Å². The largest absolute Gasteiger partial charge is 0.187 e. The minimum absolute atomic E-state index is 0.0105. The summed E-state index contributed by atoms with van der Waals surface area (Å²) >= 11 is 3.74. The molecule has 0 saturated heterocycles. The highest BCUT2D eigenvalue weighted by Gasteiger charge is 2.22. The van der Waals surface area contributed by atoms with E-state index in [1.807, 2.05) is 23.1 Å². The number of hydrogen-bond acceptors (Lipinski definition) is 2. The molecule has 0 nitrogen and oxygen atoms in total. The van der Waals surface area contributed by atoms with Gasteiger partial charge in [0.2, 0.25) is 0 Å². The first kappa shape index (κ1) is 16.1. The summed E-state index contributed by atoms with van der Waals surface area (Å²) in [6.07, 6.45) is 0. The molecule has 5 rings (SSSR count). The van der Waals surface area contributed by atoms with Crippen LogP contribution in [-0.2, 0) is 5.75 Å². The van der Waals surface area contributed by atoms with Crippen LogP contribution in [0.3, 0.4) is 0 Å². The topological polar surface area (TPSA) is 0 Å². The molecule has 0 aliphatic heterocycles. The summed E-state index contributed by atoms with van der Waals surface area (Å²) < 4.78 is 2.90. The molecule has 2 heterocycles. The quantitative estimate of drug-likeness (QED) is 0.221. The van der Waals surface area contributed by atoms with Crippen molar-refractivity contribution in [1.29, 1.82) is 0 Å². The van der Waals surface area contributed by atoms with Crippen LogP contribution in [0.25, 0.3) is 25.1 Å². The van der Waals surface area contributed by atoms with Gasteiger partial charge in [0, 0.05) is 36.8 Å². The monoisotopic (exact) mass is 389 g/mol. The third-order valence-electron chi connectivity index (χ3n) is 4.52. The van der Waals surface area contributed by atoms with Crippen molar-refractivity contribution < 1.29 is 0 Å². The molecule has 0 radical (unpaired) electrons. The Hall–Kier alpha value is -2.07. The van der Waals surface area contributed by atoms with E-state index in [-0.39, 0.29) is 10.5 Å². The standard InChI is InChI=1S/C23H17S3/c1-3-9-22-20(7-1)21-8-2-4-10-23(21)26(22)19-13-11-17(12-14-19)25-16-18-6-5-15-24-18/h1-15H,16H2/q+1. The van der Waals surface area contributed by atoms with Gasteiger partial charge in [-0.3, -0.25) is 0 Å². The van der Waals surface area contributed by atoms with Gasteiger partial charge in [-0.15, -0.1) is 23.1 Å². The lowest BCUT2D eigenvalue weighted by Crippen LogP contribution is -1.76. The number of thiophene rings is 2. The molecular weight excluding hydrogens is 372 g/mol. The summed E-state index contributed by atoms with van der Waals surface area (Å²) in [7, 11) is 0.0105. The van der Waals surface area contributed by atoms with E-state index in [1.54, 1.807) is 0 Å². The number of thioether (sulfide) groups is 1. The van der Waals surface area contributed by atoms with Crippen molar-refractivity contribution in [1.82, 2.24) is 0 Å². The van der Waals surface area contributed by atoms with Gasteiger partial charge in [0.25, 0.3) is 0 Å². The molecule has 0 fully saturated rings. The van der Waals surface area contributed by atoms with Crippen molar-refractivity contribution in [2.45, 2.75) is 10.6 Å². The summed E-state index contributed by atoms with van der Waals surface area (Å²) in [5.41, 5.74) is 0. The maximum Gasteiger partial charge on any atom is 0.187 e. The third-order valence-corrected chi connectivity index (χ3v) is 8.98. The SMILES string of the molecule is c1csc(CSc2ccc(-[s+]3c4ccccc4c4ccccc43)cc2)c1. The van der Waals surface area contributed by atoms with E-state index in [1.165, 1.54) is 34.8 Å². The smallest absolute Gasteiger partial charge is 0.148 e. The highest BCUT2D eigenvalue weighted by Crippen LogP contribution is 2.48. The molecule has 0 N–H and O–H groups in total. The van der Waals surface area contributed by atoms with Crippen LogP contribution < -0.4 is 0 Å². The van der Waals surface area contributed by atoms with Gasteiger partial charge >= 0.3 is 0 Å². The number of fused-ring (bicyclic) bond motifs is 3. The highest BCUT2D eigenvalue weighted by atomic mass is 32.2. The molecule has 0 unspecified atom stereocenters. The van der Waals surface area contributed by atoms with Crippen LogP contribution in [0.5, 0.6) is 0 Å². The number of benzene rings is 3. The first-order valence-electron chi connectivity index (χ1n) is 8.58. The van der Waals surface area contributed by atoms with E-state index in [4.69, 9.17) is 0 Å². The minimum Gasteiger partial charge on any atom is -0.148 e. The van der Waals surface area contributed by atoms with Crippen molar-refractivity contribution in [3.8, 4) is 4.90 Å². The van der Waals surface area contributed by atoms with Crippen LogP contribution in [0.15, 0.2) is 95.2 Å². The van der Waals surface area contributed by atoms with Crippen molar-refractivity contribution in [2.24, 2.45) is 0 Å². The zero-order valence-electron chi connectivity index (χ0n) is 14.1. The lowest BCUT2D eigenvalue weighted by Gasteiger charge is -2.00. The van der Waals surface area contributed by atoms with Crippen LogP contribution in [0.1, 0.15) is 4.88 Å². The lowest BCUT2D eigenvalue weighted by molar-refractivity contribution is 1.44. The second kappa shape index (κ2) is 6.92. The van der Waals surface area contributed by atoms with Crippen molar-refractivity contribution >= 4 is 53.7 Å². The molecule has 3 aromatic carbocycles. The molecule has 126 valence electrons. The molecule has 2 aromatic heterocycles. The predicted octanol–water partition coefficient (Wildman–Crippen LogP) is 8.09. The summed E-state index contributed by atoms with van der Waals surface area (Å²) in [4.78, 5) is 4.17. The lowest BCUT2D eigenvalue weighted by atomic mass is 10.2. The maximum atomic E-state index is 2.32. The van der Waals surface area contributed by atoms with Crippen molar-refractivity contribution in [3.05, 3.63) is 95.2 Å². The summed E-state index contributed by atoms with van der Waals surface area (Å²) in [5, 5.41) is 4.93. The van der Waals surface area contributed by atoms with Gasteiger partial charge in [0.15, 0.2) is 14.3 Å². The van der Waals surface area contributed by atoms with Crippen LogP contribution in [0.4, 0.5) is 0 Å². The third kappa shape index (κ3) is 2.86. The molecular formula is C23H17S3+. The predicted molar refractivity (Wildman–Crippen MR) is 119 cm³/mol. The average molecular weight is 390 g/mol. The second-order valence-corrected chi connectivity index (χ2v) is 10.2. The first-order valence-corrected chi connectivity index (χ1v) is 11.7. The van der Waals surface area contributed by atoms with E-state index in [0.717, 1.165) is 5.75 Å². The molecule has 0 atom stereocenters. The first-order chi connectivity index (χ1) is 12.9. The molecule has 0 bridgehead atoms. The van der Waals surface area contributed by atoms with E-state index in [9.17, 15) is 0 Å². The number of rotatable bonds is 4. The minimum atomic E-state index is 0.0105.